The molecule has 0 aliphatic carbocycles. The maximum absolute atomic E-state index is 13.5. The Morgan fingerprint density at radius 3 is 2.37 bits per heavy atom. The molecule has 202 valence electrons. The number of para-hydroxylation sites is 1. The normalized spacial score (nSPS) is 18.3. The van der Waals surface area contributed by atoms with Crippen LogP contribution in [0.15, 0.2) is 72.8 Å². The summed E-state index contributed by atoms with van der Waals surface area (Å²) in [4.78, 5) is 19.5. The number of anilines is 1. The first-order valence-electron chi connectivity index (χ1n) is 13.2. The molecule has 1 N–H and O–H groups in total. The van der Waals surface area contributed by atoms with E-state index in [-0.39, 0.29) is 30.6 Å². The fraction of sp³-hybridized carbons (Fsp3) is 0.387. The van der Waals surface area contributed by atoms with Crippen molar-refractivity contribution < 1.29 is 19.4 Å². The number of carbonyl (C=O) groups is 1. The minimum Gasteiger partial charge on any atom is -0.488 e. The number of likely N-dealkylation sites (N-methyl/N-ethyl adjacent to an activating group) is 1. The van der Waals surface area contributed by atoms with E-state index in [0.29, 0.717) is 24.4 Å². The summed E-state index contributed by atoms with van der Waals surface area (Å²) >= 11 is 0. The Kier molecular flexibility index (Phi) is 8.92. The molecule has 7 nitrogen and oxygen atoms in total. The molecule has 1 heterocycles. The second kappa shape index (κ2) is 12.3. The molecule has 3 aromatic rings. The quantitative estimate of drug-likeness (QED) is 0.436. The maximum Gasteiger partial charge on any atom is 0.258 e. The highest BCUT2D eigenvalue weighted by Gasteiger charge is 2.33. The van der Waals surface area contributed by atoms with Crippen LogP contribution in [0.3, 0.4) is 0 Å². The van der Waals surface area contributed by atoms with Crippen LogP contribution in [0.25, 0.3) is 0 Å². The van der Waals surface area contributed by atoms with Crippen molar-refractivity contribution in [1.82, 2.24) is 9.80 Å². The molecular formula is C31H39N3O4. The minimum absolute atomic E-state index is 0.0683. The van der Waals surface area contributed by atoms with Crippen molar-refractivity contribution in [2.45, 2.75) is 32.5 Å². The molecule has 1 amide bonds. The molecule has 0 saturated heterocycles. The molecule has 3 aromatic carbocycles. The van der Waals surface area contributed by atoms with Crippen LogP contribution in [-0.4, -0.2) is 73.8 Å². The van der Waals surface area contributed by atoms with Gasteiger partial charge in [-0.3, -0.25) is 9.69 Å². The third kappa shape index (κ3) is 6.65. The van der Waals surface area contributed by atoms with E-state index in [1.165, 1.54) is 5.56 Å². The monoisotopic (exact) mass is 517 g/mol. The molecule has 0 bridgehead atoms. The zero-order valence-corrected chi connectivity index (χ0v) is 23.0. The van der Waals surface area contributed by atoms with E-state index in [2.05, 4.69) is 31.0 Å². The average Bonchev–Trinajstić information content (AvgIpc) is 2.91. The van der Waals surface area contributed by atoms with Crippen molar-refractivity contribution in [3.63, 3.8) is 0 Å². The number of hydrogen-bond acceptors (Lipinski definition) is 6. The molecule has 0 spiro atoms. The Hall–Kier alpha value is -3.55. The SMILES string of the molecule is C[C@H]1CN([C@@H](C)CO)C(=O)c2cc(N(C)C)ccc2O[C@@H]1CN(C)Cc1ccc(Oc2ccccc2)cc1. The molecule has 1 aliphatic rings. The lowest BCUT2D eigenvalue weighted by Gasteiger charge is -2.38. The summed E-state index contributed by atoms with van der Waals surface area (Å²) in [6, 6.07) is 23.4. The van der Waals surface area contributed by atoms with Crippen LogP contribution >= 0.6 is 0 Å². The summed E-state index contributed by atoms with van der Waals surface area (Å²) in [7, 11) is 5.98. The standard InChI is InChI=1S/C31H39N3O4/c1-22-18-34(23(2)21-35)31(36)28-17-25(32(3)4)13-16-29(28)38-30(22)20-33(5)19-24-11-14-27(15-12-24)37-26-9-7-6-8-10-26/h6-17,22-23,30,35H,18-21H2,1-5H3/t22-,23-,30+/m0/s1. The van der Waals surface area contributed by atoms with Gasteiger partial charge < -0.3 is 24.4 Å². The van der Waals surface area contributed by atoms with Crippen LogP contribution in [0, 0.1) is 5.92 Å². The van der Waals surface area contributed by atoms with Crippen molar-refractivity contribution >= 4 is 11.6 Å². The van der Waals surface area contributed by atoms with Crippen LogP contribution in [0.1, 0.15) is 29.8 Å². The molecule has 7 heteroatoms. The Morgan fingerprint density at radius 2 is 1.71 bits per heavy atom. The lowest BCUT2D eigenvalue weighted by molar-refractivity contribution is 0.0341. The third-order valence-corrected chi connectivity index (χ3v) is 7.01. The zero-order chi connectivity index (χ0) is 27.2. The van der Waals surface area contributed by atoms with Gasteiger partial charge in [0.2, 0.25) is 0 Å². The number of hydrogen-bond donors (Lipinski definition) is 1. The van der Waals surface area contributed by atoms with E-state index < -0.39 is 0 Å². The molecule has 0 radical (unpaired) electrons. The van der Waals surface area contributed by atoms with E-state index in [1.807, 2.05) is 86.6 Å². The summed E-state index contributed by atoms with van der Waals surface area (Å²) in [5.41, 5.74) is 2.64. The van der Waals surface area contributed by atoms with E-state index in [1.54, 1.807) is 4.90 Å². The smallest absolute Gasteiger partial charge is 0.258 e. The van der Waals surface area contributed by atoms with Gasteiger partial charge in [-0.15, -0.1) is 0 Å². The highest BCUT2D eigenvalue weighted by molar-refractivity contribution is 5.98. The van der Waals surface area contributed by atoms with E-state index in [0.717, 1.165) is 23.7 Å². The van der Waals surface area contributed by atoms with Gasteiger partial charge in [0, 0.05) is 45.3 Å². The van der Waals surface area contributed by atoms with Crippen molar-refractivity contribution in [3.05, 3.63) is 83.9 Å². The summed E-state index contributed by atoms with van der Waals surface area (Å²) in [5, 5.41) is 9.87. The number of amides is 1. The first-order valence-corrected chi connectivity index (χ1v) is 13.2. The van der Waals surface area contributed by atoms with Gasteiger partial charge in [0.25, 0.3) is 5.91 Å². The maximum atomic E-state index is 13.5. The predicted octanol–water partition coefficient (Wildman–Crippen LogP) is 4.90. The number of fused-ring (bicyclic) bond motifs is 1. The lowest BCUT2D eigenvalue weighted by atomic mass is 9.99. The highest BCUT2D eigenvalue weighted by atomic mass is 16.5. The van der Waals surface area contributed by atoms with Gasteiger partial charge in [0.15, 0.2) is 0 Å². The number of rotatable bonds is 9. The van der Waals surface area contributed by atoms with Gasteiger partial charge in [-0.25, -0.2) is 0 Å². The number of benzene rings is 3. The number of aliphatic hydroxyl groups excluding tert-OH is 1. The Bertz CT molecular complexity index is 1200. The van der Waals surface area contributed by atoms with Gasteiger partial charge in [0.05, 0.1) is 18.2 Å². The molecule has 4 rings (SSSR count). The second-order valence-electron chi connectivity index (χ2n) is 10.5. The summed E-state index contributed by atoms with van der Waals surface area (Å²) < 4.78 is 12.4. The Labute approximate surface area is 226 Å². The second-order valence-corrected chi connectivity index (χ2v) is 10.5. The third-order valence-electron chi connectivity index (χ3n) is 7.01. The van der Waals surface area contributed by atoms with Gasteiger partial charge in [-0.05, 0) is 62.0 Å². The van der Waals surface area contributed by atoms with Crippen LogP contribution in [-0.2, 0) is 6.54 Å². The zero-order valence-electron chi connectivity index (χ0n) is 23.0. The Balaban J connectivity index is 1.49. The van der Waals surface area contributed by atoms with Crippen molar-refractivity contribution in [2.75, 3.05) is 45.7 Å². The highest BCUT2D eigenvalue weighted by Crippen LogP contribution is 2.31. The van der Waals surface area contributed by atoms with Gasteiger partial charge in [-0.1, -0.05) is 37.3 Å². The predicted molar refractivity (Wildman–Crippen MR) is 151 cm³/mol. The van der Waals surface area contributed by atoms with E-state index >= 15 is 0 Å². The first kappa shape index (κ1) is 27.5. The lowest BCUT2D eigenvalue weighted by Crippen LogP contribution is -2.49. The van der Waals surface area contributed by atoms with Gasteiger partial charge in [-0.2, -0.15) is 0 Å². The van der Waals surface area contributed by atoms with Gasteiger partial charge in [0.1, 0.15) is 23.4 Å². The van der Waals surface area contributed by atoms with Crippen molar-refractivity contribution in [1.29, 1.82) is 0 Å². The van der Waals surface area contributed by atoms with Crippen LogP contribution in [0.2, 0.25) is 0 Å². The van der Waals surface area contributed by atoms with Crippen molar-refractivity contribution in [2.24, 2.45) is 5.92 Å². The summed E-state index contributed by atoms with van der Waals surface area (Å²) in [5.74, 6) is 2.16. The van der Waals surface area contributed by atoms with E-state index in [9.17, 15) is 9.90 Å². The Morgan fingerprint density at radius 1 is 1.03 bits per heavy atom. The fourth-order valence-electron chi connectivity index (χ4n) is 4.68. The molecular weight excluding hydrogens is 478 g/mol. The number of ether oxygens (including phenoxy) is 2. The molecule has 38 heavy (non-hydrogen) atoms. The van der Waals surface area contributed by atoms with E-state index in [4.69, 9.17) is 9.47 Å². The number of aliphatic hydroxyl groups is 1. The first-order chi connectivity index (χ1) is 18.2. The summed E-state index contributed by atoms with van der Waals surface area (Å²) in [6.07, 6.45) is -0.133. The average molecular weight is 518 g/mol. The topological polar surface area (TPSA) is 65.5 Å². The van der Waals surface area contributed by atoms with Crippen LogP contribution in [0.5, 0.6) is 17.2 Å². The van der Waals surface area contributed by atoms with Gasteiger partial charge >= 0.3 is 0 Å². The number of carbonyl (C=O) groups excluding carboxylic acids is 1. The molecule has 3 atom stereocenters. The van der Waals surface area contributed by atoms with Crippen LogP contribution in [0.4, 0.5) is 5.69 Å². The fourth-order valence-corrected chi connectivity index (χ4v) is 4.68. The molecule has 0 unspecified atom stereocenters. The molecule has 0 saturated carbocycles. The summed E-state index contributed by atoms with van der Waals surface area (Å²) in [6.45, 7) is 5.85. The largest absolute Gasteiger partial charge is 0.488 e. The molecule has 1 aliphatic heterocycles. The minimum atomic E-state index is -0.283. The number of nitrogens with zero attached hydrogens (tertiary/aromatic N) is 3. The van der Waals surface area contributed by atoms with Crippen molar-refractivity contribution in [3.8, 4) is 17.2 Å². The molecule has 0 fully saturated rings. The van der Waals surface area contributed by atoms with Crippen LogP contribution < -0.4 is 14.4 Å². The molecule has 0 aromatic heterocycles.